The van der Waals surface area contributed by atoms with Gasteiger partial charge in [-0.2, -0.15) is 0 Å². The van der Waals surface area contributed by atoms with E-state index in [1.807, 2.05) is 0 Å². The maximum absolute atomic E-state index is 9.07. The summed E-state index contributed by atoms with van der Waals surface area (Å²) in [7, 11) is 0. The molecule has 0 aromatic rings. The van der Waals surface area contributed by atoms with E-state index < -0.39 is 0 Å². The Morgan fingerprint density at radius 3 is 3.22 bits per heavy atom. The van der Waals surface area contributed by atoms with Crippen molar-refractivity contribution < 1.29 is 9.84 Å². The fourth-order valence-electron chi connectivity index (χ4n) is 4.47. The Balaban J connectivity index is 1.69. The number of hydrogen-bond donors (Lipinski definition) is 1. The molecule has 1 saturated carbocycles. The molecule has 3 heterocycles. The Labute approximate surface area is 142 Å². The van der Waals surface area contributed by atoms with E-state index in [9.17, 15) is 0 Å². The summed E-state index contributed by atoms with van der Waals surface area (Å²) in [6, 6.07) is 0. The molecule has 0 aromatic heterocycles. The van der Waals surface area contributed by atoms with E-state index in [-0.39, 0.29) is 18.1 Å². The van der Waals surface area contributed by atoms with Gasteiger partial charge in [-0.25, -0.2) is 0 Å². The Bertz CT molecular complexity index is 606. The number of fused-ring (bicyclic) bond motifs is 1. The summed E-state index contributed by atoms with van der Waals surface area (Å²) in [6.45, 7) is 4.42. The van der Waals surface area contributed by atoms with Crippen molar-refractivity contribution in [2.45, 2.75) is 51.0 Å². The van der Waals surface area contributed by atoms with Gasteiger partial charge in [-0.05, 0) is 37.7 Å². The van der Waals surface area contributed by atoms with Gasteiger partial charge in [0, 0.05) is 29.5 Å². The Kier molecular flexibility index (Phi) is 4.06. The topological polar surface area (TPSA) is 32.7 Å². The van der Waals surface area contributed by atoms with Crippen LogP contribution in [-0.4, -0.2) is 28.5 Å². The lowest BCUT2D eigenvalue weighted by atomic mass is 9.65. The second kappa shape index (κ2) is 6.06. The van der Waals surface area contributed by atoms with Crippen LogP contribution in [0.2, 0.25) is 0 Å². The van der Waals surface area contributed by atoms with Gasteiger partial charge in [0.25, 0.3) is 0 Å². The fraction of sp³-hybridized carbons (Fsp3) is 0.579. The molecule has 2 unspecified atom stereocenters. The second-order valence-corrected chi connectivity index (χ2v) is 8.12. The van der Waals surface area contributed by atoms with Crippen LogP contribution < -0.4 is 0 Å². The highest BCUT2D eigenvalue weighted by molar-refractivity contribution is 8.03. The summed E-state index contributed by atoms with van der Waals surface area (Å²) in [6.07, 6.45) is 15.1. The molecular formula is C19H25NO2S. The van der Waals surface area contributed by atoms with Gasteiger partial charge in [-0.15, -0.1) is 11.8 Å². The van der Waals surface area contributed by atoms with Crippen LogP contribution >= 0.6 is 11.8 Å². The van der Waals surface area contributed by atoms with Gasteiger partial charge >= 0.3 is 0 Å². The minimum absolute atomic E-state index is 0.0846. The maximum Gasteiger partial charge on any atom is 0.130 e. The molecular weight excluding hydrogens is 306 g/mol. The molecule has 3 aliphatic heterocycles. The summed E-state index contributed by atoms with van der Waals surface area (Å²) in [5, 5.41) is 9.07. The SMILES string of the molecule is C=C(SCCO)C1CC23CCCCC2=CN2C=CCCC2=C3O1. The van der Waals surface area contributed by atoms with Crippen molar-refractivity contribution in [2.75, 3.05) is 12.4 Å². The van der Waals surface area contributed by atoms with E-state index in [1.54, 1.807) is 17.3 Å². The van der Waals surface area contributed by atoms with Gasteiger partial charge in [-0.3, -0.25) is 0 Å². The van der Waals surface area contributed by atoms with Crippen molar-refractivity contribution in [1.82, 2.24) is 4.90 Å². The third-order valence-corrected chi connectivity index (χ3v) is 6.58. The van der Waals surface area contributed by atoms with E-state index in [4.69, 9.17) is 9.84 Å². The molecule has 1 aliphatic carbocycles. The molecule has 4 rings (SSSR count). The summed E-state index contributed by atoms with van der Waals surface area (Å²) in [5.74, 6) is 1.93. The van der Waals surface area contributed by atoms with Gasteiger partial charge in [-0.1, -0.05) is 19.1 Å². The molecule has 2 fully saturated rings. The molecule has 0 aromatic carbocycles. The summed E-state index contributed by atoms with van der Waals surface area (Å²) >= 11 is 1.65. The van der Waals surface area contributed by atoms with Crippen LogP contribution in [0.5, 0.6) is 0 Å². The minimum Gasteiger partial charge on any atom is -0.487 e. The molecule has 1 saturated heterocycles. The molecule has 0 bridgehead atoms. The number of rotatable bonds is 4. The third-order valence-electron chi connectivity index (χ3n) is 5.56. The van der Waals surface area contributed by atoms with E-state index in [0.717, 1.165) is 24.2 Å². The molecule has 1 spiro atoms. The zero-order chi connectivity index (χ0) is 15.9. The van der Waals surface area contributed by atoms with Gasteiger partial charge in [0.15, 0.2) is 0 Å². The molecule has 4 heteroatoms. The molecule has 124 valence electrons. The van der Waals surface area contributed by atoms with E-state index in [2.05, 4.69) is 30.0 Å². The van der Waals surface area contributed by atoms with Gasteiger partial charge in [0.05, 0.1) is 17.7 Å². The first-order valence-corrected chi connectivity index (χ1v) is 9.72. The largest absolute Gasteiger partial charge is 0.487 e. The number of aliphatic hydroxyl groups excluding tert-OH is 1. The molecule has 0 radical (unpaired) electrons. The number of allylic oxidation sites excluding steroid dienone is 3. The number of thioether (sulfide) groups is 1. The number of ether oxygens (including phenoxy) is 1. The summed E-state index contributed by atoms with van der Waals surface area (Å²) in [5.41, 5.74) is 3.04. The zero-order valence-corrected chi connectivity index (χ0v) is 14.4. The highest BCUT2D eigenvalue weighted by Gasteiger charge is 2.53. The highest BCUT2D eigenvalue weighted by atomic mass is 32.2. The predicted molar refractivity (Wildman–Crippen MR) is 94.4 cm³/mol. The Hall–Kier alpha value is -1.13. The van der Waals surface area contributed by atoms with Crippen molar-refractivity contribution in [1.29, 1.82) is 0 Å². The lowest BCUT2D eigenvalue weighted by Gasteiger charge is -2.43. The average Bonchev–Trinajstić information content (AvgIpc) is 2.97. The van der Waals surface area contributed by atoms with Crippen LogP contribution in [0.4, 0.5) is 0 Å². The van der Waals surface area contributed by atoms with Crippen LogP contribution in [0.3, 0.4) is 0 Å². The molecule has 0 amide bonds. The molecule has 2 atom stereocenters. The summed E-state index contributed by atoms with van der Waals surface area (Å²) in [4.78, 5) is 3.36. The quantitative estimate of drug-likeness (QED) is 0.833. The minimum atomic E-state index is 0.0846. The monoisotopic (exact) mass is 331 g/mol. The second-order valence-electron chi connectivity index (χ2n) is 6.90. The van der Waals surface area contributed by atoms with Gasteiger partial charge in [0.1, 0.15) is 11.9 Å². The third kappa shape index (κ3) is 2.47. The van der Waals surface area contributed by atoms with E-state index in [0.29, 0.717) is 5.75 Å². The lowest BCUT2D eigenvalue weighted by Crippen LogP contribution is -2.34. The Morgan fingerprint density at radius 1 is 1.43 bits per heavy atom. The van der Waals surface area contributed by atoms with Crippen LogP contribution in [0, 0.1) is 5.41 Å². The van der Waals surface area contributed by atoms with Crippen molar-refractivity contribution in [3.05, 3.63) is 47.0 Å². The number of nitrogens with zero attached hydrogens (tertiary/aromatic N) is 1. The van der Waals surface area contributed by atoms with Crippen molar-refractivity contribution in [2.24, 2.45) is 5.41 Å². The molecule has 1 N–H and O–H groups in total. The van der Waals surface area contributed by atoms with Crippen molar-refractivity contribution in [3.63, 3.8) is 0 Å². The van der Waals surface area contributed by atoms with Gasteiger partial charge in [0.2, 0.25) is 0 Å². The lowest BCUT2D eigenvalue weighted by molar-refractivity contribution is 0.176. The highest BCUT2D eigenvalue weighted by Crippen LogP contribution is 2.60. The Morgan fingerprint density at radius 2 is 2.35 bits per heavy atom. The van der Waals surface area contributed by atoms with E-state index >= 15 is 0 Å². The first-order valence-electron chi connectivity index (χ1n) is 8.73. The smallest absolute Gasteiger partial charge is 0.130 e. The average molecular weight is 331 g/mol. The standard InChI is InChI=1S/C19H25NO2S/c1-14(23-11-10-21)17-12-19-8-4-2-6-15(19)13-20-9-5-3-7-16(20)18(19)22-17/h5,9,13,17,21H,1-4,6-8,10-12H2. The maximum atomic E-state index is 9.07. The molecule has 23 heavy (non-hydrogen) atoms. The molecule has 4 aliphatic rings. The fourth-order valence-corrected chi connectivity index (χ4v) is 5.14. The summed E-state index contributed by atoms with van der Waals surface area (Å²) < 4.78 is 6.52. The van der Waals surface area contributed by atoms with Crippen LogP contribution in [-0.2, 0) is 4.74 Å². The van der Waals surface area contributed by atoms with Crippen LogP contribution in [0.1, 0.15) is 44.9 Å². The van der Waals surface area contributed by atoms with E-state index in [1.165, 1.54) is 37.1 Å². The molecule has 3 nitrogen and oxygen atoms in total. The van der Waals surface area contributed by atoms with Crippen molar-refractivity contribution in [3.8, 4) is 0 Å². The van der Waals surface area contributed by atoms with Crippen LogP contribution in [0.25, 0.3) is 0 Å². The predicted octanol–water partition coefficient (Wildman–Crippen LogP) is 4.29. The normalized spacial score (nSPS) is 32.0. The zero-order valence-electron chi connectivity index (χ0n) is 13.6. The number of hydrogen-bond acceptors (Lipinski definition) is 4. The first kappa shape index (κ1) is 15.4. The number of aliphatic hydroxyl groups is 1. The van der Waals surface area contributed by atoms with Crippen LogP contribution in [0.15, 0.2) is 47.0 Å². The van der Waals surface area contributed by atoms with Gasteiger partial charge < -0.3 is 14.7 Å². The first-order chi connectivity index (χ1) is 11.2. The van der Waals surface area contributed by atoms with Crippen molar-refractivity contribution >= 4 is 11.8 Å².